The summed E-state index contributed by atoms with van der Waals surface area (Å²) < 4.78 is 6.74. The molecule has 0 aliphatic carbocycles. The molecule has 0 aromatic carbocycles. The fourth-order valence-electron chi connectivity index (χ4n) is 2.60. The molecule has 0 unspecified atom stereocenters. The van der Waals surface area contributed by atoms with Gasteiger partial charge < -0.3 is 15.1 Å². The molecule has 3 aromatic rings. The van der Waals surface area contributed by atoms with E-state index in [1.54, 1.807) is 29.1 Å². The summed E-state index contributed by atoms with van der Waals surface area (Å²) in [5.41, 5.74) is 0.646. The van der Waals surface area contributed by atoms with E-state index in [1.165, 1.54) is 12.3 Å². The van der Waals surface area contributed by atoms with Gasteiger partial charge in [0.15, 0.2) is 5.82 Å². The van der Waals surface area contributed by atoms with Crippen molar-refractivity contribution in [2.24, 2.45) is 0 Å². The molecule has 2 amide bonds. The first kappa shape index (κ1) is 21.0. The lowest BCUT2D eigenvalue weighted by Crippen LogP contribution is -2.26. The maximum absolute atomic E-state index is 12.4. The number of rotatable bonds is 7. The zero-order chi connectivity index (χ0) is 21.6. The second-order valence-corrected chi connectivity index (χ2v) is 7.70. The molecule has 0 aliphatic heterocycles. The minimum Gasteiger partial charge on any atom is -0.465 e. The standard InChI is InChI=1S/C22H25N5O3/c1-22(2,3)17-15-19(27(26-17)18-8-4-5-12-23-18)25-21(29)11-13-24-20(28)10-9-16-7-6-14-30-16/h4-10,12,14-15H,11,13H2,1-3H3,(H,24,28)(H,25,29)/b10-9+. The largest absolute Gasteiger partial charge is 0.465 e. The third-order valence-electron chi connectivity index (χ3n) is 4.21. The van der Waals surface area contributed by atoms with Gasteiger partial charge in [-0.1, -0.05) is 26.8 Å². The second-order valence-electron chi connectivity index (χ2n) is 7.70. The van der Waals surface area contributed by atoms with Crippen LogP contribution in [0.25, 0.3) is 11.9 Å². The van der Waals surface area contributed by atoms with Crippen LogP contribution in [0.4, 0.5) is 5.82 Å². The van der Waals surface area contributed by atoms with Crippen molar-refractivity contribution in [3.8, 4) is 5.82 Å². The summed E-state index contributed by atoms with van der Waals surface area (Å²) in [6.07, 6.45) is 6.25. The Hall–Kier alpha value is -3.68. The first-order valence-electron chi connectivity index (χ1n) is 9.64. The van der Waals surface area contributed by atoms with Crippen LogP contribution in [0.2, 0.25) is 0 Å². The van der Waals surface area contributed by atoms with E-state index in [-0.39, 0.29) is 30.2 Å². The fourth-order valence-corrected chi connectivity index (χ4v) is 2.60. The lowest BCUT2D eigenvalue weighted by Gasteiger charge is -2.13. The van der Waals surface area contributed by atoms with Gasteiger partial charge in [-0.15, -0.1) is 0 Å². The molecule has 0 aliphatic rings. The van der Waals surface area contributed by atoms with Gasteiger partial charge in [0.25, 0.3) is 0 Å². The van der Waals surface area contributed by atoms with E-state index in [1.807, 2.05) is 24.3 Å². The van der Waals surface area contributed by atoms with Gasteiger partial charge in [-0.25, -0.2) is 4.98 Å². The Morgan fingerprint density at radius 3 is 2.70 bits per heavy atom. The van der Waals surface area contributed by atoms with E-state index in [0.717, 1.165) is 5.69 Å². The number of hydrogen-bond acceptors (Lipinski definition) is 5. The normalized spacial score (nSPS) is 11.6. The first-order chi connectivity index (χ1) is 14.3. The van der Waals surface area contributed by atoms with Crippen molar-refractivity contribution in [1.82, 2.24) is 20.1 Å². The maximum Gasteiger partial charge on any atom is 0.244 e. The molecular weight excluding hydrogens is 382 g/mol. The summed E-state index contributed by atoms with van der Waals surface area (Å²) in [7, 11) is 0. The van der Waals surface area contributed by atoms with Crippen molar-refractivity contribution in [2.45, 2.75) is 32.6 Å². The summed E-state index contributed by atoms with van der Waals surface area (Å²) >= 11 is 0. The van der Waals surface area contributed by atoms with Crippen LogP contribution in [0, 0.1) is 0 Å². The smallest absolute Gasteiger partial charge is 0.244 e. The summed E-state index contributed by atoms with van der Waals surface area (Å²) in [5.74, 6) is 1.20. The van der Waals surface area contributed by atoms with E-state index in [2.05, 4.69) is 41.5 Å². The van der Waals surface area contributed by atoms with Crippen molar-refractivity contribution in [3.05, 3.63) is 66.4 Å². The number of hydrogen-bond donors (Lipinski definition) is 2. The molecule has 156 valence electrons. The molecule has 8 heteroatoms. The lowest BCUT2D eigenvalue weighted by molar-refractivity contribution is -0.117. The van der Waals surface area contributed by atoms with Gasteiger partial charge in [-0.05, 0) is 30.3 Å². The zero-order valence-electron chi connectivity index (χ0n) is 17.3. The highest BCUT2D eigenvalue weighted by molar-refractivity contribution is 5.93. The minimum absolute atomic E-state index is 0.124. The third kappa shape index (κ3) is 5.66. The number of pyridine rings is 1. The number of carbonyl (C=O) groups excluding carboxylic acids is 2. The number of anilines is 1. The number of nitrogens with zero attached hydrogens (tertiary/aromatic N) is 3. The van der Waals surface area contributed by atoms with Gasteiger partial charge in [0.05, 0.1) is 12.0 Å². The van der Waals surface area contributed by atoms with Crippen LogP contribution in [-0.2, 0) is 15.0 Å². The Bertz CT molecular complexity index is 1010. The Kier molecular flexibility index (Phi) is 6.46. The van der Waals surface area contributed by atoms with Crippen LogP contribution in [0.3, 0.4) is 0 Å². The topological polar surface area (TPSA) is 102 Å². The molecule has 30 heavy (non-hydrogen) atoms. The predicted molar refractivity (Wildman–Crippen MR) is 114 cm³/mol. The summed E-state index contributed by atoms with van der Waals surface area (Å²) in [6, 6.07) is 10.8. The molecule has 3 heterocycles. The average Bonchev–Trinajstić information content (AvgIpc) is 3.37. The van der Waals surface area contributed by atoms with Crippen LogP contribution in [0.1, 0.15) is 38.6 Å². The van der Waals surface area contributed by atoms with Gasteiger partial charge in [0.1, 0.15) is 11.6 Å². The van der Waals surface area contributed by atoms with E-state index < -0.39 is 0 Å². The molecule has 0 saturated heterocycles. The molecule has 0 bridgehead atoms. The predicted octanol–water partition coefficient (Wildman–Crippen LogP) is 3.32. The number of aromatic nitrogens is 3. The quantitative estimate of drug-likeness (QED) is 0.585. The van der Waals surface area contributed by atoms with Gasteiger partial charge in [-0.3, -0.25) is 9.59 Å². The minimum atomic E-state index is -0.298. The SMILES string of the molecule is CC(C)(C)c1cc(NC(=O)CCNC(=O)/C=C/c2ccco2)n(-c2ccccn2)n1. The Labute approximate surface area is 175 Å². The zero-order valence-corrected chi connectivity index (χ0v) is 17.3. The van der Waals surface area contributed by atoms with Crippen LogP contribution >= 0.6 is 0 Å². The van der Waals surface area contributed by atoms with Crippen LogP contribution < -0.4 is 10.6 Å². The highest BCUT2D eigenvalue weighted by Crippen LogP contribution is 2.25. The maximum atomic E-state index is 12.4. The molecular formula is C22H25N5O3. The number of carbonyl (C=O) groups is 2. The van der Waals surface area contributed by atoms with Crippen molar-refractivity contribution < 1.29 is 14.0 Å². The van der Waals surface area contributed by atoms with E-state index >= 15 is 0 Å². The molecule has 3 aromatic heterocycles. The van der Waals surface area contributed by atoms with E-state index in [0.29, 0.717) is 17.4 Å². The van der Waals surface area contributed by atoms with Crippen molar-refractivity contribution >= 4 is 23.7 Å². The molecule has 3 rings (SSSR count). The second kappa shape index (κ2) is 9.21. The number of amides is 2. The summed E-state index contributed by atoms with van der Waals surface area (Å²) in [6.45, 7) is 6.36. The Balaban J connectivity index is 1.60. The van der Waals surface area contributed by atoms with E-state index in [9.17, 15) is 9.59 Å². The number of nitrogens with one attached hydrogen (secondary N) is 2. The molecule has 0 saturated carbocycles. The molecule has 8 nitrogen and oxygen atoms in total. The van der Waals surface area contributed by atoms with Crippen molar-refractivity contribution in [1.29, 1.82) is 0 Å². The van der Waals surface area contributed by atoms with Crippen molar-refractivity contribution in [3.63, 3.8) is 0 Å². The highest BCUT2D eigenvalue weighted by Gasteiger charge is 2.21. The summed E-state index contributed by atoms with van der Waals surface area (Å²) in [5, 5.41) is 10.2. The monoisotopic (exact) mass is 407 g/mol. The lowest BCUT2D eigenvalue weighted by atomic mass is 9.92. The fraction of sp³-hybridized carbons (Fsp3) is 0.273. The number of furan rings is 1. The average molecular weight is 407 g/mol. The van der Waals surface area contributed by atoms with Gasteiger partial charge in [-0.2, -0.15) is 9.78 Å². The molecule has 0 fully saturated rings. The first-order valence-corrected chi connectivity index (χ1v) is 9.64. The Morgan fingerprint density at radius 1 is 1.20 bits per heavy atom. The van der Waals surface area contributed by atoms with Crippen LogP contribution in [0.5, 0.6) is 0 Å². The van der Waals surface area contributed by atoms with Gasteiger partial charge in [0, 0.05) is 36.7 Å². The molecule has 2 N–H and O–H groups in total. The van der Waals surface area contributed by atoms with Crippen LogP contribution in [0.15, 0.2) is 59.4 Å². The van der Waals surface area contributed by atoms with Crippen molar-refractivity contribution in [2.75, 3.05) is 11.9 Å². The third-order valence-corrected chi connectivity index (χ3v) is 4.21. The Morgan fingerprint density at radius 2 is 2.03 bits per heavy atom. The molecule has 0 spiro atoms. The highest BCUT2D eigenvalue weighted by atomic mass is 16.3. The van der Waals surface area contributed by atoms with E-state index in [4.69, 9.17) is 4.42 Å². The summed E-state index contributed by atoms with van der Waals surface area (Å²) in [4.78, 5) is 28.6. The van der Waals surface area contributed by atoms with Gasteiger partial charge >= 0.3 is 0 Å². The van der Waals surface area contributed by atoms with Crippen LogP contribution in [-0.4, -0.2) is 33.1 Å². The molecule has 0 radical (unpaired) electrons. The molecule has 0 atom stereocenters. The van der Waals surface area contributed by atoms with Gasteiger partial charge in [0.2, 0.25) is 11.8 Å².